The molecule has 5 nitrogen and oxygen atoms in total. The number of hydrogen-bond donors (Lipinski definition) is 2. The van der Waals surface area contributed by atoms with Crippen molar-refractivity contribution in [3.63, 3.8) is 0 Å². The van der Waals surface area contributed by atoms with Gasteiger partial charge < -0.3 is 11.1 Å². The van der Waals surface area contributed by atoms with Crippen molar-refractivity contribution in [3.8, 4) is 6.07 Å². The van der Waals surface area contributed by atoms with Gasteiger partial charge >= 0.3 is 0 Å². The fourth-order valence-electron chi connectivity index (χ4n) is 2.08. The maximum Gasteiger partial charge on any atom is 0.165 e. The molecule has 1 heterocycles. The Morgan fingerprint density at radius 1 is 1.32 bits per heavy atom. The monoisotopic (exact) mass is 261 g/mol. The van der Waals surface area contributed by atoms with Crippen LogP contribution in [-0.2, 0) is 0 Å². The molecule has 1 aromatic rings. The van der Waals surface area contributed by atoms with Crippen molar-refractivity contribution in [2.75, 3.05) is 24.1 Å². The number of pyridine rings is 1. The number of rotatable bonds is 6. The highest BCUT2D eigenvalue weighted by molar-refractivity contribution is 5.54. The molecular weight excluding hydrogens is 238 g/mol. The molecule has 0 aliphatic rings. The van der Waals surface area contributed by atoms with Crippen molar-refractivity contribution in [3.05, 3.63) is 17.8 Å². The lowest BCUT2D eigenvalue weighted by molar-refractivity contribution is 0.182. The molecule has 1 aromatic heterocycles. The summed E-state index contributed by atoms with van der Waals surface area (Å²) in [5.41, 5.74) is 6.32. The zero-order valence-corrected chi connectivity index (χ0v) is 12.1. The molecule has 1 rings (SSSR count). The highest BCUT2D eigenvalue weighted by Gasteiger charge is 2.12. The third-order valence-corrected chi connectivity index (χ3v) is 3.04. The average Bonchev–Trinajstić information content (AvgIpc) is 2.35. The van der Waals surface area contributed by atoms with Crippen molar-refractivity contribution in [2.24, 2.45) is 0 Å². The highest BCUT2D eigenvalue weighted by atomic mass is 15.2. The fourth-order valence-corrected chi connectivity index (χ4v) is 2.08. The molecule has 5 heteroatoms. The van der Waals surface area contributed by atoms with Crippen LogP contribution in [0, 0.1) is 11.3 Å². The predicted molar refractivity (Wildman–Crippen MR) is 78.8 cm³/mol. The topological polar surface area (TPSA) is 78.0 Å². The van der Waals surface area contributed by atoms with Gasteiger partial charge in [-0.25, -0.2) is 4.98 Å². The van der Waals surface area contributed by atoms with E-state index in [9.17, 15) is 0 Å². The number of nitrogens with two attached hydrogens (primary N) is 1. The summed E-state index contributed by atoms with van der Waals surface area (Å²) in [6, 6.07) is 6.51. The first-order valence-electron chi connectivity index (χ1n) is 6.62. The summed E-state index contributed by atoms with van der Waals surface area (Å²) >= 11 is 0. The number of nitrogens with one attached hydrogen (secondary N) is 1. The molecular formula is C14H23N5. The van der Waals surface area contributed by atoms with E-state index < -0.39 is 0 Å². The molecule has 104 valence electrons. The molecule has 0 radical (unpaired) electrons. The number of aromatic nitrogens is 1. The third kappa shape index (κ3) is 4.42. The van der Waals surface area contributed by atoms with Gasteiger partial charge in [0.15, 0.2) is 5.69 Å². The van der Waals surface area contributed by atoms with Crippen molar-refractivity contribution in [2.45, 2.75) is 39.8 Å². The van der Waals surface area contributed by atoms with E-state index in [-0.39, 0.29) is 5.69 Å². The molecule has 0 bridgehead atoms. The van der Waals surface area contributed by atoms with E-state index in [1.54, 1.807) is 12.1 Å². The van der Waals surface area contributed by atoms with Gasteiger partial charge in [0.2, 0.25) is 0 Å². The summed E-state index contributed by atoms with van der Waals surface area (Å²) in [5, 5.41) is 12.1. The Balaban J connectivity index is 2.56. The van der Waals surface area contributed by atoms with Gasteiger partial charge in [-0.3, -0.25) is 4.90 Å². The van der Waals surface area contributed by atoms with Crippen LogP contribution in [0.4, 0.5) is 11.5 Å². The zero-order chi connectivity index (χ0) is 14.4. The number of nitriles is 1. The molecule has 19 heavy (non-hydrogen) atoms. The minimum Gasteiger partial charge on any atom is -0.396 e. The van der Waals surface area contributed by atoms with Crippen LogP contribution in [-0.4, -0.2) is 35.1 Å². The van der Waals surface area contributed by atoms with Crippen molar-refractivity contribution in [1.82, 2.24) is 9.88 Å². The summed E-state index contributed by atoms with van der Waals surface area (Å²) in [5.74, 6) is 0.693. The molecule has 0 amide bonds. The van der Waals surface area contributed by atoms with E-state index in [2.05, 4.69) is 42.9 Å². The van der Waals surface area contributed by atoms with Crippen LogP contribution >= 0.6 is 0 Å². The number of anilines is 2. The summed E-state index contributed by atoms with van der Waals surface area (Å²) in [6.45, 7) is 10.5. The molecule has 0 aliphatic carbocycles. The fraction of sp³-hybridized carbons (Fsp3) is 0.571. The average molecular weight is 261 g/mol. The Labute approximate surface area is 115 Å². The quantitative estimate of drug-likeness (QED) is 0.819. The highest BCUT2D eigenvalue weighted by Crippen LogP contribution is 2.12. The Hall–Kier alpha value is -1.80. The number of nitrogen functional groups attached to an aromatic ring is 1. The Morgan fingerprint density at radius 2 is 1.95 bits per heavy atom. The van der Waals surface area contributed by atoms with E-state index in [0.717, 1.165) is 13.1 Å². The minimum absolute atomic E-state index is 0.273. The second-order valence-electron chi connectivity index (χ2n) is 5.10. The largest absolute Gasteiger partial charge is 0.396 e. The van der Waals surface area contributed by atoms with E-state index in [1.165, 1.54) is 0 Å². The lowest BCUT2D eigenvalue weighted by Crippen LogP contribution is -2.40. The van der Waals surface area contributed by atoms with Crippen LogP contribution in [0.25, 0.3) is 0 Å². The SMILES string of the molecule is CC(C)N(CCNc1ccc(N)c(C#N)n1)C(C)C. The maximum absolute atomic E-state index is 8.87. The number of nitrogens with zero attached hydrogens (tertiary/aromatic N) is 3. The van der Waals surface area contributed by atoms with Gasteiger partial charge in [0, 0.05) is 25.2 Å². The first-order valence-corrected chi connectivity index (χ1v) is 6.62. The smallest absolute Gasteiger partial charge is 0.165 e. The van der Waals surface area contributed by atoms with E-state index in [4.69, 9.17) is 11.0 Å². The second kappa shape index (κ2) is 6.95. The summed E-state index contributed by atoms with van der Waals surface area (Å²) in [4.78, 5) is 6.56. The molecule has 0 atom stereocenters. The van der Waals surface area contributed by atoms with Crippen LogP contribution < -0.4 is 11.1 Å². The Kier molecular flexibility index (Phi) is 5.58. The van der Waals surface area contributed by atoms with E-state index >= 15 is 0 Å². The van der Waals surface area contributed by atoms with Crippen molar-refractivity contribution < 1.29 is 0 Å². The Morgan fingerprint density at radius 3 is 2.47 bits per heavy atom. The predicted octanol–water partition coefficient (Wildman–Crippen LogP) is 2.07. The normalized spacial score (nSPS) is 11.1. The molecule has 0 unspecified atom stereocenters. The molecule has 0 spiro atoms. The minimum atomic E-state index is 0.273. The summed E-state index contributed by atoms with van der Waals surface area (Å²) in [6.07, 6.45) is 0. The van der Waals surface area contributed by atoms with Gasteiger partial charge in [0.25, 0.3) is 0 Å². The van der Waals surface area contributed by atoms with Crippen LogP contribution in [0.15, 0.2) is 12.1 Å². The van der Waals surface area contributed by atoms with Crippen LogP contribution in [0.3, 0.4) is 0 Å². The summed E-state index contributed by atoms with van der Waals surface area (Å²) in [7, 11) is 0. The van der Waals surface area contributed by atoms with Crippen molar-refractivity contribution >= 4 is 11.5 Å². The van der Waals surface area contributed by atoms with E-state index in [0.29, 0.717) is 23.6 Å². The van der Waals surface area contributed by atoms with Gasteiger partial charge in [-0.15, -0.1) is 0 Å². The van der Waals surface area contributed by atoms with Crippen LogP contribution in [0.1, 0.15) is 33.4 Å². The molecule has 0 aromatic carbocycles. The lowest BCUT2D eigenvalue weighted by atomic mass is 10.2. The van der Waals surface area contributed by atoms with E-state index in [1.807, 2.05) is 6.07 Å². The van der Waals surface area contributed by atoms with Gasteiger partial charge in [0.1, 0.15) is 11.9 Å². The van der Waals surface area contributed by atoms with Gasteiger partial charge in [-0.1, -0.05) is 0 Å². The van der Waals surface area contributed by atoms with Gasteiger partial charge in [0.05, 0.1) is 5.69 Å². The second-order valence-corrected chi connectivity index (χ2v) is 5.10. The van der Waals surface area contributed by atoms with Gasteiger partial charge in [-0.2, -0.15) is 5.26 Å². The first kappa shape index (κ1) is 15.3. The molecule has 3 N–H and O–H groups in total. The lowest BCUT2D eigenvalue weighted by Gasteiger charge is -2.30. The summed E-state index contributed by atoms with van der Waals surface area (Å²) < 4.78 is 0. The first-order chi connectivity index (χ1) is 8.95. The maximum atomic E-state index is 8.87. The Bertz CT molecular complexity index is 440. The third-order valence-electron chi connectivity index (χ3n) is 3.04. The molecule has 0 saturated heterocycles. The number of hydrogen-bond acceptors (Lipinski definition) is 5. The molecule has 0 fully saturated rings. The van der Waals surface area contributed by atoms with Crippen LogP contribution in [0.2, 0.25) is 0 Å². The zero-order valence-electron chi connectivity index (χ0n) is 12.1. The van der Waals surface area contributed by atoms with Crippen LogP contribution in [0.5, 0.6) is 0 Å². The molecule has 0 saturated carbocycles. The molecule has 0 aliphatic heterocycles. The van der Waals surface area contributed by atoms with Gasteiger partial charge in [-0.05, 0) is 39.8 Å². The van der Waals surface area contributed by atoms with Crippen molar-refractivity contribution in [1.29, 1.82) is 5.26 Å². The standard InChI is InChI=1S/C14H23N5/c1-10(2)19(11(3)4)8-7-17-14-6-5-12(16)13(9-15)18-14/h5-6,10-11H,7-8,16H2,1-4H3,(H,17,18).